The van der Waals surface area contributed by atoms with Crippen LogP contribution < -0.4 is 5.73 Å². The van der Waals surface area contributed by atoms with E-state index in [4.69, 9.17) is 17.3 Å². The maximum Gasteiger partial charge on any atom is 0.249 e. The average Bonchev–Trinajstić information content (AvgIpc) is 3.12. The molecule has 2 aromatic rings. The van der Waals surface area contributed by atoms with E-state index in [2.05, 4.69) is 15.4 Å². The van der Waals surface area contributed by atoms with E-state index in [9.17, 15) is 9.59 Å². The maximum absolute atomic E-state index is 12.9. The Morgan fingerprint density at radius 2 is 1.92 bits per heavy atom. The van der Waals surface area contributed by atoms with Gasteiger partial charge in [-0.05, 0) is 48.7 Å². The smallest absolute Gasteiger partial charge is 0.249 e. The fourth-order valence-electron chi connectivity index (χ4n) is 3.10. The molecule has 0 radical (unpaired) electrons. The molecule has 8 nitrogen and oxygen atoms in total. The Morgan fingerprint density at radius 3 is 2.50 bits per heavy atom. The van der Waals surface area contributed by atoms with Gasteiger partial charge in [-0.3, -0.25) is 9.59 Å². The van der Waals surface area contributed by atoms with Crippen molar-refractivity contribution >= 4 is 23.4 Å². The predicted octanol–water partition coefficient (Wildman–Crippen LogP) is 1.67. The highest BCUT2D eigenvalue weighted by Crippen LogP contribution is 2.22. The zero-order valence-corrected chi connectivity index (χ0v) is 15.3. The van der Waals surface area contributed by atoms with E-state index in [0.717, 1.165) is 5.56 Å². The minimum atomic E-state index is -0.520. The fraction of sp³-hybridized carbons (Fsp3) is 0.471. The van der Waals surface area contributed by atoms with Crippen LogP contribution in [-0.4, -0.2) is 50.0 Å². The van der Waals surface area contributed by atoms with E-state index in [1.54, 1.807) is 29.2 Å². The third-order valence-electron chi connectivity index (χ3n) is 4.69. The number of rotatable bonds is 5. The molecule has 0 bridgehead atoms. The van der Waals surface area contributed by atoms with E-state index in [1.807, 2.05) is 6.92 Å². The average molecular weight is 377 g/mol. The molecule has 26 heavy (non-hydrogen) atoms. The number of carbonyl (C=O) groups excluding carboxylic acids is 2. The number of primary amides is 1. The normalized spacial score (nSPS) is 16.5. The molecule has 1 atom stereocenters. The first kappa shape index (κ1) is 18.3. The first-order chi connectivity index (χ1) is 12.5. The molecule has 2 amide bonds. The van der Waals surface area contributed by atoms with Gasteiger partial charge in [0, 0.05) is 29.6 Å². The molecule has 1 aliphatic rings. The molecule has 0 saturated carbocycles. The summed E-state index contributed by atoms with van der Waals surface area (Å²) < 4.78 is 0. The standard InChI is InChI=1S/C17H21ClN6O2/c1-2-14(17(26)23-9-7-11(8-10-23)15(19)25)24-21-16(20-22-24)12-3-5-13(18)6-4-12/h3-6,11,14H,2,7-10H2,1H3,(H2,19,25). The minimum absolute atomic E-state index is 0.0597. The Kier molecular flexibility index (Phi) is 5.51. The van der Waals surface area contributed by atoms with Crippen molar-refractivity contribution in [3.8, 4) is 11.4 Å². The lowest BCUT2D eigenvalue weighted by Crippen LogP contribution is -2.44. The van der Waals surface area contributed by atoms with Crippen LogP contribution in [0.15, 0.2) is 24.3 Å². The van der Waals surface area contributed by atoms with Gasteiger partial charge in [0.05, 0.1) is 0 Å². The maximum atomic E-state index is 12.9. The molecule has 1 aromatic carbocycles. The number of aromatic nitrogens is 4. The Bertz CT molecular complexity index is 783. The van der Waals surface area contributed by atoms with E-state index in [-0.39, 0.29) is 17.7 Å². The topological polar surface area (TPSA) is 107 Å². The summed E-state index contributed by atoms with van der Waals surface area (Å²) in [6.07, 6.45) is 1.74. The van der Waals surface area contributed by atoms with Crippen LogP contribution in [-0.2, 0) is 9.59 Å². The number of amides is 2. The number of likely N-dealkylation sites (tertiary alicyclic amines) is 1. The highest BCUT2D eigenvalue weighted by Gasteiger charge is 2.31. The number of halogens is 1. The number of tetrazole rings is 1. The number of carbonyl (C=O) groups is 2. The molecule has 1 aromatic heterocycles. The molecule has 3 rings (SSSR count). The summed E-state index contributed by atoms with van der Waals surface area (Å²) in [4.78, 5) is 27.3. The van der Waals surface area contributed by atoms with Crippen LogP contribution in [0.1, 0.15) is 32.2 Å². The van der Waals surface area contributed by atoms with Crippen molar-refractivity contribution < 1.29 is 9.59 Å². The van der Waals surface area contributed by atoms with E-state index < -0.39 is 6.04 Å². The van der Waals surface area contributed by atoms with Crippen molar-refractivity contribution in [2.45, 2.75) is 32.2 Å². The lowest BCUT2D eigenvalue weighted by atomic mass is 9.96. The van der Waals surface area contributed by atoms with Gasteiger partial charge >= 0.3 is 0 Å². The van der Waals surface area contributed by atoms with Crippen LogP contribution in [0.4, 0.5) is 0 Å². The Labute approximate surface area is 156 Å². The number of hydrogen-bond donors (Lipinski definition) is 1. The molecule has 1 aliphatic heterocycles. The summed E-state index contributed by atoms with van der Waals surface area (Å²) in [7, 11) is 0. The quantitative estimate of drug-likeness (QED) is 0.854. The molecule has 138 valence electrons. The van der Waals surface area contributed by atoms with E-state index >= 15 is 0 Å². The van der Waals surface area contributed by atoms with Gasteiger partial charge in [0.25, 0.3) is 0 Å². The second kappa shape index (κ2) is 7.82. The van der Waals surface area contributed by atoms with Crippen LogP contribution in [0.5, 0.6) is 0 Å². The summed E-state index contributed by atoms with van der Waals surface area (Å²) in [6.45, 7) is 2.94. The molecule has 9 heteroatoms. The van der Waals surface area contributed by atoms with Crippen molar-refractivity contribution in [3.63, 3.8) is 0 Å². The Morgan fingerprint density at radius 1 is 1.27 bits per heavy atom. The monoisotopic (exact) mass is 376 g/mol. The summed E-state index contributed by atoms with van der Waals surface area (Å²) in [5.41, 5.74) is 6.13. The summed E-state index contributed by atoms with van der Waals surface area (Å²) in [5.74, 6) is -0.0642. The van der Waals surface area contributed by atoms with E-state index in [0.29, 0.717) is 43.2 Å². The van der Waals surface area contributed by atoms with E-state index in [1.165, 1.54) is 4.80 Å². The summed E-state index contributed by atoms with van der Waals surface area (Å²) in [5, 5.41) is 13.1. The van der Waals surface area contributed by atoms with Gasteiger partial charge in [0.1, 0.15) is 0 Å². The fourth-order valence-corrected chi connectivity index (χ4v) is 3.23. The predicted molar refractivity (Wildman–Crippen MR) is 96.1 cm³/mol. The number of benzene rings is 1. The Hall–Kier alpha value is -2.48. The van der Waals surface area contributed by atoms with Gasteiger partial charge in [-0.15, -0.1) is 10.2 Å². The molecule has 0 aliphatic carbocycles. The largest absolute Gasteiger partial charge is 0.369 e. The second-order valence-electron chi connectivity index (χ2n) is 6.37. The first-order valence-electron chi connectivity index (χ1n) is 8.63. The Balaban J connectivity index is 1.72. The van der Waals surface area contributed by atoms with Gasteiger partial charge in [0.15, 0.2) is 6.04 Å². The number of hydrogen-bond acceptors (Lipinski definition) is 5. The van der Waals surface area contributed by atoms with Crippen molar-refractivity contribution in [1.29, 1.82) is 0 Å². The second-order valence-corrected chi connectivity index (χ2v) is 6.80. The van der Waals surface area contributed by atoms with Crippen molar-refractivity contribution in [1.82, 2.24) is 25.1 Å². The number of piperidine rings is 1. The molecule has 1 saturated heterocycles. The lowest BCUT2D eigenvalue weighted by Gasteiger charge is -2.32. The third-order valence-corrected chi connectivity index (χ3v) is 4.94. The van der Waals surface area contributed by atoms with Crippen LogP contribution >= 0.6 is 11.6 Å². The summed E-state index contributed by atoms with van der Waals surface area (Å²) in [6, 6.07) is 6.60. The van der Waals surface area contributed by atoms with Crippen molar-refractivity contribution in [2.75, 3.05) is 13.1 Å². The van der Waals surface area contributed by atoms with Gasteiger partial charge in [-0.25, -0.2) is 0 Å². The zero-order valence-electron chi connectivity index (χ0n) is 14.5. The van der Waals surface area contributed by atoms with Crippen molar-refractivity contribution in [3.05, 3.63) is 29.3 Å². The van der Waals surface area contributed by atoms with Crippen LogP contribution in [0.3, 0.4) is 0 Å². The molecule has 2 heterocycles. The summed E-state index contributed by atoms with van der Waals surface area (Å²) >= 11 is 5.89. The SMILES string of the molecule is CCC(C(=O)N1CCC(C(N)=O)CC1)n1nnc(-c2ccc(Cl)cc2)n1. The first-order valence-corrected chi connectivity index (χ1v) is 9.01. The lowest BCUT2D eigenvalue weighted by molar-refractivity contribution is -0.138. The zero-order chi connectivity index (χ0) is 18.7. The van der Waals surface area contributed by atoms with Gasteiger partial charge in [0.2, 0.25) is 17.6 Å². The molecule has 0 spiro atoms. The molecular formula is C17H21ClN6O2. The molecule has 1 fully saturated rings. The van der Waals surface area contributed by atoms with Crippen LogP contribution in [0.25, 0.3) is 11.4 Å². The number of nitrogens with zero attached hydrogens (tertiary/aromatic N) is 5. The van der Waals surface area contributed by atoms with Crippen molar-refractivity contribution in [2.24, 2.45) is 11.7 Å². The van der Waals surface area contributed by atoms with Gasteiger partial charge in [-0.2, -0.15) is 4.80 Å². The third kappa shape index (κ3) is 3.85. The van der Waals surface area contributed by atoms with Crippen LogP contribution in [0, 0.1) is 5.92 Å². The van der Waals surface area contributed by atoms with Gasteiger partial charge in [-0.1, -0.05) is 18.5 Å². The highest BCUT2D eigenvalue weighted by atomic mass is 35.5. The highest BCUT2D eigenvalue weighted by molar-refractivity contribution is 6.30. The van der Waals surface area contributed by atoms with Crippen LogP contribution in [0.2, 0.25) is 5.02 Å². The minimum Gasteiger partial charge on any atom is -0.369 e. The number of nitrogens with two attached hydrogens (primary N) is 1. The molecule has 2 N–H and O–H groups in total. The molecular weight excluding hydrogens is 356 g/mol. The molecule has 1 unspecified atom stereocenters. The van der Waals surface area contributed by atoms with Gasteiger partial charge < -0.3 is 10.6 Å².